The number of primary amides is 1. The molecule has 0 aromatic heterocycles. The van der Waals surface area contributed by atoms with Crippen LogP contribution in [0.1, 0.15) is 37.7 Å². The fourth-order valence-corrected chi connectivity index (χ4v) is 5.46. The Balaban J connectivity index is 1.38. The van der Waals surface area contributed by atoms with Crippen LogP contribution in [0, 0.1) is 23.2 Å². The Morgan fingerprint density at radius 1 is 1.12 bits per heavy atom. The molecule has 4 fully saturated rings. The number of carbonyl (C=O) groups is 2. The molecule has 3 N–H and O–H groups in total. The summed E-state index contributed by atoms with van der Waals surface area (Å²) in [7, 11) is 0. The van der Waals surface area contributed by atoms with Crippen molar-refractivity contribution in [2.24, 2.45) is 28.9 Å². The van der Waals surface area contributed by atoms with Crippen molar-refractivity contribution in [3.8, 4) is 0 Å². The Labute approximate surface area is 141 Å². The van der Waals surface area contributed by atoms with Crippen LogP contribution in [0.3, 0.4) is 0 Å². The molecule has 0 radical (unpaired) electrons. The number of hydrogen-bond acceptors (Lipinski definition) is 3. The molecule has 1 aromatic rings. The van der Waals surface area contributed by atoms with E-state index < -0.39 is 0 Å². The topological polar surface area (TPSA) is 81.4 Å². The summed E-state index contributed by atoms with van der Waals surface area (Å²) < 4.78 is 5.37. The van der Waals surface area contributed by atoms with Crippen molar-refractivity contribution in [2.45, 2.75) is 44.8 Å². The smallest absolute Gasteiger partial charge is 0.407 e. The lowest BCUT2D eigenvalue weighted by Crippen LogP contribution is -2.62. The van der Waals surface area contributed by atoms with Gasteiger partial charge in [0, 0.05) is 11.5 Å². The quantitative estimate of drug-likeness (QED) is 0.891. The molecule has 5 heteroatoms. The number of benzene rings is 1. The highest BCUT2D eigenvalue weighted by Gasteiger charge is 2.58. The molecule has 128 valence electrons. The van der Waals surface area contributed by atoms with Gasteiger partial charge < -0.3 is 15.8 Å². The minimum atomic E-state index is -0.357. The van der Waals surface area contributed by atoms with Gasteiger partial charge in [-0.2, -0.15) is 0 Å². The van der Waals surface area contributed by atoms with Gasteiger partial charge in [0.05, 0.1) is 0 Å². The first-order chi connectivity index (χ1) is 11.6. The third kappa shape index (κ3) is 2.66. The van der Waals surface area contributed by atoms with Crippen LogP contribution in [0.4, 0.5) is 4.79 Å². The van der Waals surface area contributed by atoms with Gasteiger partial charge in [-0.1, -0.05) is 30.3 Å². The number of rotatable bonds is 4. The van der Waals surface area contributed by atoms with E-state index in [9.17, 15) is 9.59 Å². The van der Waals surface area contributed by atoms with Gasteiger partial charge in [0.15, 0.2) is 0 Å². The zero-order chi connectivity index (χ0) is 16.7. The summed E-state index contributed by atoms with van der Waals surface area (Å²) in [6.07, 6.45) is 4.41. The Morgan fingerprint density at radius 3 is 2.42 bits per heavy atom. The lowest BCUT2D eigenvalue weighted by atomic mass is 9.47. The van der Waals surface area contributed by atoms with Gasteiger partial charge in [-0.25, -0.2) is 4.79 Å². The third-order valence-electron chi connectivity index (χ3n) is 6.29. The molecule has 2 amide bonds. The van der Waals surface area contributed by atoms with E-state index in [1.54, 1.807) is 0 Å². The number of alkyl carbamates (subject to hydrolysis) is 1. The van der Waals surface area contributed by atoms with Crippen molar-refractivity contribution in [3.63, 3.8) is 0 Å². The molecule has 4 saturated carbocycles. The van der Waals surface area contributed by atoms with Crippen LogP contribution in [0.15, 0.2) is 30.3 Å². The minimum Gasteiger partial charge on any atom is -0.445 e. The molecule has 4 bridgehead atoms. The van der Waals surface area contributed by atoms with Crippen molar-refractivity contribution < 1.29 is 14.3 Å². The van der Waals surface area contributed by atoms with Crippen molar-refractivity contribution in [2.75, 3.05) is 0 Å². The Hall–Kier alpha value is -2.04. The molecule has 0 heterocycles. The number of carbonyl (C=O) groups excluding carboxylic acids is 2. The highest BCUT2D eigenvalue weighted by Crippen LogP contribution is 2.59. The molecule has 0 aliphatic heterocycles. The summed E-state index contributed by atoms with van der Waals surface area (Å²) in [5.74, 6) is 1.15. The Morgan fingerprint density at radius 2 is 1.79 bits per heavy atom. The van der Waals surface area contributed by atoms with E-state index in [1.807, 2.05) is 30.3 Å². The molecule has 5 rings (SSSR count). The zero-order valence-corrected chi connectivity index (χ0v) is 13.7. The second kappa shape index (κ2) is 5.80. The van der Waals surface area contributed by atoms with Gasteiger partial charge in [-0.3, -0.25) is 4.79 Å². The summed E-state index contributed by atoms with van der Waals surface area (Å²) in [5, 5.41) is 3.08. The molecule has 5 nitrogen and oxygen atoms in total. The van der Waals surface area contributed by atoms with E-state index in [-0.39, 0.29) is 30.1 Å². The van der Waals surface area contributed by atoms with Crippen molar-refractivity contribution in [1.82, 2.24) is 5.32 Å². The standard InChI is InChI=1S/C19H24N2O3/c20-17(22)19-8-13-6-14(9-19)16(15(7-13)10-19)21-18(23)24-11-12-4-2-1-3-5-12/h1-5,13-16H,6-11H2,(H2,20,22)(H,21,23)/t13?,14-,15+,16+,19-. The van der Waals surface area contributed by atoms with Crippen LogP contribution in [0.25, 0.3) is 0 Å². The summed E-state index contributed by atoms with van der Waals surface area (Å²) in [4.78, 5) is 24.1. The van der Waals surface area contributed by atoms with Crippen LogP contribution in [0.5, 0.6) is 0 Å². The van der Waals surface area contributed by atoms with Crippen LogP contribution < -0.4 is 11.1 Å². The Bertz CT molecular complexity index is 629. The fourth-order valence-electron chi connectivity index (χ4n) is 5.46. The predicted octanol–water partition coefficient (Wildman–Crippen LogP) is 2.59. The number of nitrogens with two attached hydrogens (primary N) is 1. The zero-order valence-electron chi connectivity index (χ0n) is 13.7. The first-order valence-corrected chi connectivity index (χ1v) is 8.83. The SMILES string of the molecule is NC(=O)[C@]12CC3C[C@H](C1)[C@H](NC(=O)OCc1ccccc1)[C@@H](C3)C2. The highest BCUT2D eigenvalue weighted by atomic mass is 16.5. The molecule has 1 aromatic carbocycles. The van der Waals surface area contributed by atoms with E-state index in [2.05, 4.69) is 5.32 Å². The summed E-state index contributed by atoms with van der Waals surface area (Å²) >= 11 is 0. The van der Waals surface area contributed by atoms with Gasteiger partial charge in [-0.05, 0) is 55.4 Å². The predicted molar refractivity (Wildman–Crippen MR) is 88.7 cm³/mol. The molecule has 4 aliphatic carbocycles. The van der Waals surface area contributed by atoms with Gasteiger partial charge in [0.25, 0.3) is 0 Å². The molecule has 0 spiro atoms. The lowest BCUT2D eigenvalue weighted by molar-refractivity contribution is -0.145. The third-order valence-corrected chi connectivity index (χ3v) is 6.29. The number of hydrogen-bond donors (Lipinski definition) is 2. The number of nitrogens with one attached hydrogen (secondary N) is 1. The van der Waals surface area contributed by atoms with Gasteiger partial charge in [-0.15, -0.1) is 0 Å². The second-order valence-electron chi connectivity index (χ2n) is 7.85. The molecule has 0 saturated heterocycles. The molecular weight excluding hydrogens is 304 g/mol. The monoisotopic (exact) mass is 328 g/mol. The summed E-state index contributed by atoms with van der Waals surface area (Å²) in [5.41, 5.74) is 6.36. The van der Waals surface area contributed by atoms with Gasteiger partial charge >= 0.3 is 6.09 Å². The van der Waals surface area contributed by atoms with Crippen LogP contribution in [-0.4, -0.2) is 18.0 Å². The maximum atomic E-state index is 12.2. The maximum absolute atomic E-state index is 12.2. The molecule has 1 unspecified atom stereocenters. The maximum Gasteiger partial charge on any atom is 0.407 e. The first kappa shape index (κ1) is 15.5. The van der Waals surface area contributed by atoms with Gasteiger partial charge in [0.2, 0.25) is 5.91 Å². The van der Waals surface area contributed by atoms with Crippen LogP contribution in [-0.2, 0) is 16.1 Å². The van der Waals surface area contributed by atoms with Crippen LogP contribution >= 0.6 is 0 Å². The van der Waals surface area contributed by atoms with E-state index in [0.717, 1.165) is 37.7 Å². The van der Waals surface area contributed by atoms with Crippen molar-refractivity contribution in [1.29, 1.82) is 0 Å². The summed E-state index contributed by atoms with van der Waals surface area (Å²) in [6.45, 7) is 0.280. The number of ether oxygens (including phenoxy) is 1. The average molecular weight is 328 g/mol. The van der Waals surface area contributed by atoms with E-state index in [4.69, 9.17) is 10.5 Å². The molecule has 4 aliphatic rings. The number of amides is 2. The first-order valence-electron chi connectivity index (χ1n) is 8.83. The largest absolute Gasteiger partial charge is 0.445 e. The van der Waals surface area contributed by atoms with Gasteiger partial charge in [0.1, 0.15) is 6.61 Å². The molecule has 5 atom stereocenters. The second-order valence-corrected chi connectivity index (χ2v) is 7.85. The minimum absolute atomic E-state index is 0.122. The fraction of sp³-hybridized carbons (Fsp3) is 0.579. The van der Waals surface area contributed by atoms with Crippen molar-refractivity contribution in [3.05, 3.63) is 35.9 Å². The molecule has 24 heavy (non-hydrogen) atoms. The van der Waals surface area contributed by atoms with Crippen LogP contribution in [0.2, 0.25) is 0 Å². The average Bonchev–Trinajstić information content (AvgIpc) is 2.56. The van der Waals surface area contributed by atoms with E-state index in [1.165, 1.54) is 0 Å². The summed E-state index contributed by atoms with van der Waals surface area (Å²) in [6, 6.07) is 9.79. The van der Waals surface area contributed by atoms with E-state index in [0.29, 0.717) is 17.8 Å². The van der Waals surface area contributed by atoms with E-state index >= 15 is 0 Å². The molecular formula is C19H24N2O3. The normalized spacial score (nSPS) is 36.3. The van der Waals surface area contributed by atoms with Crippen molar-refractivity contribution >= 4 is 12.0 Å². The Kier molecular flexibility index (Phi) is 3.74. The lowest BCUT2D eigenvalue weighted by Gasteiger charge is -2.58. The highest BCUT2D eigenvalue weighted by molar-refractivity contribution is 5.81.